The van der Waals surface area contributed by atoms with Crippen LogP contribution in [0.4, 0.5) is 0 Å². The molecule has 2 nitrogen and oxygen atoms in total. The fourth-order valence-electron chi connectivity index (χ4n) is 3.62. The fraction of sp³-hybridized carbons (Fsp3) is 1.00. The zero-order valence-electron chi connectivity index (χ0n) is 13.1. The molecule has 2 aliphatic rings. The van der Waals surface area contributed by atoms with Crippen molar-refractivity contribution in [1.29, 1.82) is 0 Å². The summed E-state index contributed by atoms with van der Waals surface area (Å²) in [6.45, 7) is 10.3. The number of hydrogen-bond acceptors (Lipinski definition) is 3. The lowest BCUT2D eigenvalue weighted by atomic mass is 9.84. The summed E-state index contributed by atoms with van der Waals surface area (Å²) in [4.78, 5) is 0. The van der Waals surface area contributed by atoms with Gasteiger partial charge in [-0.3, -0.25) is 0 Å². The van der Waals surface area contributed by atoms with E-state index < -0.39 is 0 Å². The Morgan fingerprint density at radius 1 is 1.16 bits per heavy atom. The average molecular weight is 285 g/mol. The first-order valence-electron chi connectivity index (χ1n) is 7.96. The molecule has 0 saturated carbocycles. The Balaban J connectivity index is 1.88. The highest BCUT2D eigenvalue weighted by Crippen LogP contribution is 2.35. The first kappa shape index (κ1) is 15.7. The zero-order chi connectivity index (χ0) is 13.9. The summed E-state index contributed by atoms with van der Waals surface area (Å²) in [5, 5.41) is 3.94. The van der Waals surface area contributed by atoms with Gasteiger partial charge in [0, 0.05) is 24.4 Å². The van der Waals surface area contributed by atoms with Gasteiger partial charge in [0.15, 0.2) is 0 Å². The zero-order valence-corrected chi connectivity index (χ0v) is 13.9. The Morgan fingerprint density at radius 2 is 1.89 bits per heavy atom. The van der Waals surface area contributed by atoms with E-state index >= 15 is 0 Å². The van der Waals surface area contributed by atoms with Crippen LogP contribution in [0.3, 0.4) is 0 Å². The summed E-state index contributed by atoms with van der Waals surface area (Å²) >= 11 is 2.12. The lowest BCUT2D eigenvalue weighted by Crippen LogP contribution is -2.51. The molecule has 19 heavy (non-hydrogen) atoms. The molecule has 0 spiro atoms. The van der Waals surface area contributed by atoms with Crippen molar-refractivity contribution in [2.24, 2.45) is 5.41 Å². The molecule has 2 rings (SSSR count). The van der Waals surface area contributed by atoms with Gasteiger partial charge in [-0.2, -0.15) is 11.8 Å². The molecule has 1 N–H and O–H groups in total. The van der Waals surface area contributed by atoms with E-state index in [0.717, 1.165) is 19.4 Å². The van der Waals surface area contributed by atoms with Gasteiger partial charge in [-0.05, 0) is 43.3 Å². The van der Waals surface area contributed by atoms with Crippen molar-refractivity contribution in [2.45, 2.75) is 77.5 Å². The van der Waals surface area contributed by atoms with Gasteiger partial charge in [-0.25, -0.2) is 0 Å². The lowest BCUT2D eigenvalue weighted by molar-refractivity contribution is -0.0941. The molecule has 0 bridgehead atoms. The van der Waals surface area contributed by atoms with E-state index in [-0.39, 0.29) is 5.60 Å². The predicted octanol–water partition coefficient (Wildman–Crippen LogP) is 3.85. The molecule has 2 unspecified atom stereocenters. The first-order chi connectivity index (χ1) is 8.99. The second-order valence-electron chi connectivity index (χ2n) is 7.18. The van der Waals surface area contributed by atoms with Crippen molar-refractivity contribution in [1.82, 2.24) is 5.32 Å². The summed E-state index contributed by atoms with van der Waals surface area (Å²) in [5.74, 6) is 2.60. The van der Waals surface area contributed by atoms with Crippen LogP contribution in [0.2, 0.25) is 0 Å². The Labute approximate surface area is 123 Å². The maximum absolute atomic E-state index is 6.08. The molecule has 0 radical (unpaired) electrons. The molecule has 0 aromatic carbocycles. The third-order valence-electron chi connectivity index (χ3n) is 4.86. The molecule has 2 fully saturated rings. The molecule has 2 aliphatic heterocycles. The first-order valence-corrected chi connectivity index (χ1v) is 9.12. The van der Waals surface area contributed by atoms with Gasteiger partial charge in [-0.15, -0.1) is 0 Å². The van der Waals surface area contributed by atoms with E-state index in [0.29, 0.717) is 17.5 Å². The number of nitrogens with one attached hydrogen (secondary N) is 1. The normalized spacial score (nSPS) is 34.1. The van der Waals surface area contributed by atoms with Crippen LogP contribution in [0, 0.1) is 5.41 Å². The Hall–Kier alpha value is 0.270. The molecular formula is C16H31NOS. The maximum atomic E-state index is 6.08. The van der Waals surface area contributed by atoms with E-state index in [1.165, 1.54) is 30.8 Å². The molecule has 2 heterocycles. The number of thioether (sulfide) groups is 1. The summed E-state index contributed by atoms with van der Waals surface area (Å²) in [6, 6.07) is 1.36. The lowest BCUT2D eigenvalue weighted by Gasteiger charge is -2.43. The quantitative estimate of drug-likeness (QED) is 0.848. The summed E-state index contributed by atoms with van der Waals surface area (Å²) in [7, 11) is 0. The standard InChI is InChI=1S/C16H31NOS/c1-5-16(6-2)10-13(7-8-18-16)17-14-9-15(3,4)12-19-11-14/h13-14,17H,5-12H2,1-4H3. The summed E-state index contributed by atoms with van der Waals surface area (Å²) < 4.78 is 6.08. The van der Waals surface area contributed by atoms with Crippen molar-refractivity contribution < 1.29 is 4.74 Å². The minimum atomic E-state index is 0.146. The summed E-state index contributed by atoms with van der Waals surface area (Å²) in [5.41, 5.74) is 0.644. The van der Waals surface area contributed by atoms with Crippen molar-refractivity contribution >= 4 is 11.8 Å². The smallest absolute Gasteiger partial charge is 0.0692 e. The molecular weight excluding hydrogens is 254 g/mol. The number of rotatable bonds is 4. The average Bonchev–Trinajstić information content (AvgIpc) is 2.38. The highest BCUT2D eigenvalue weighted by atomic mass is 32.2. The van der Waals surface area contributed by atoms with Gasteiger partial charge in [0.05, 0.1) is 5.60 Å². The minimum Gasteiger partial charge on any atom is -0.375 e. The molecule has 112 valence electrons. The molecule has 2 atom stereocenters. The second-order valence-corrected chi connectivity index (χ2v) is 8.21. The third-order valence-corrected chi connectivity index (χ3v) is 6.49. The Morgan fingerprint density at radius 3 is 2.53 bits per heavy atom. The van der Waals surface area contributed by atoms with Crippen LogP contribution in [-0.4, -0.2) is 35.8 Å². The fourth-order valence-corrected chi connectivity index (χ4v) is 4.90. The van der Waals surface area contributed by atoms with Crippen LogP contribution in [0.1, 0.15) is 59.8 Å². The molecule has 2 saturated heterocycles. The van der Waals surface area contributed by atoms with Gasteiger partial charge in [-0.1, -0.05) is 27.7 Å². The van der Waals surface area contributed by atoms with Crippen LogP contribution in [0.15, 0.2) is 0 Å². The van der Waals surface area contributed by atoms with Crippen molar-refractivity contribution in [3.05, 3.63) is 0 Å². The summed E-state index contributed by atoms with van der Waals surface area (Å²) in [6.07, 6.45) is 5.99. The van der Waals surface area contributed by atoms with E-state index in [4.69, 9.17) is 4.74 Å². The van der Waals surface area contributed by atoms with Crippen LogP contribution in [0.5, 0.6) is 0 Å². The molecule has 0 aliphatic carbocycles. The van der Waals surface area contributed by atoms with Gasteiger partial charge >= 0.3 is 0 Å². The van der Waals surface area contributed by atoms with Crippen LogP contribution >= 0.6 is 11.8 Å². The second kappa shape index (κ2) is 6.36. The van der Waals surface area contributed by atoms with Crippen LogP contribution in [0.25, 0.3) is 0 Å². The monoisotopic (exact) mass is 285 g/mol. The minimum absolute atomic E-state index is 0.146. The van der Waals surface area contributed by atoms with Gasteiger partial charge < -0.3 is 10.1 Å². The predicted molar refractivity (Wildman–Crippen MR) is 84.9 cm³/mol. The SMILES string of the molecule is CCC1(CC)CC(NC2CSCC(C)(C)C2)CCO1. The van der Waals surface area contributed by atoms with E-state index in [1.807, 2.05) is 0 Å². The number of hydrogen-bond donors (Lipinski definition) is 1. The van der Waals surface area contributed by atoms with Crippen LogP contribution < -0.4 is 5.32 Å². The molecule has 0 aromatic heterocycles. The van der Waals surface area contributed by atoms with Gasteiger partial charge in [0.2, 0.25) is 0 Å². The Bertz CT molecular complexity index is 288. The van der Waals surface area contributed by atoms with Crippen molar-refractivity contribution in [2.75, 3.05) is 18.1 Å². The number of ether oxygens (including phenoxy) is 1. The van der Waals surface area contributed by atoms with Gasteiger partial charge in [0.25, 0.3) is 0 Å². The van der Waals surface area contributed by atoms with E-state index in [2.05, 4.69) is 44.8 Å². The van der Waals surface area contributed by atoms with Crippen LogP contribution in [-0.2, 0) is 4.74 Å². The van der Waals surface area contributed by atoms with Crippen molar-refractivity contribution in [3.8, 4) is 0 Å². The largest absolute Gasteiger partial charge is 0.375 e. The molecule has 0 amide bonds. The van der Waals surface area contributed by atoms with Gasteiger partial charge in [0.1, 0.15) is 0 Å². The maximum Gasteiger partial charge on any atom is 0.0692 e. The Kier molecular flexibility index (Phi) is 5.24. The van der Waals surface area contributed by atoms with Crippen molar-refractivity contribution in [3.63, 3.8) is 0 Å². The highest BCUT2D eigenvalue weighted by molar-refractivity contribution is 7.99. The highest BCUT2D eigenvalue weighted by Gasteiger charge is 2.36. The molecule has 0 aromatic rings. The third kappa shape index (κ3) is 4.12. The topological polar surface area (TPSA) is 21.3 Å². The van der Waals surface area contributed by atoms with E-state index in [9.17, 15) is 0 Å². The molecule has 3 heteroatoms. The van der Waals surface area contributed by atoms with E-state index in [1.54, 1.807) is 0 Å².